The Labute approximate surface area is 199 Å². The molecule has 0 amide bonds. The number of carbonyl (C=O) groups excluding carboxylic acids is 1. The number of nitrogens with one attached hydrogen (secondary N) is 2. The van der Waals surface area contributed by atoms with Crippen LogP contribution in [0.3, 0.4) is 0 Å². The zero-order valence-corrected chi connectivity index (χ0v) is 21.2. The van der Waals surface area contributed by atoms with Crippen LogP contribution in [0.5, 0.6) is 0 Å². The third-order valence-corrected chi connectivity index (χ3v) is 6.33. The van der Waals surface area contributed by atoms with Gasteiger partial charge < -0.3 is 4.74 Å². The maximum atomic E-state index is 9.60. The van der Waals surface area contributed by atoms with Crippen LogP contribution in [0.25, 0.3) is 0 Å². The molecule has 32 heavy (non-hydrogen) atoms. The molecule has 2 N–H and O–H groups in total. The first kappa shape index (κ1) is 25.7. The van der Waals surface area contributed by atoms with E-state index in [2.05, 4.69) is 18.6 Å². The number of aliphatic imine (C=N–C) groups is 1. The number of thiophene rings is 1. The van der Waals surface area contributed by atoms with Crippen LogP contribution in [0.2, 0.25) is 5.02 Å². The molecule has 3 rings (SSSR count). The molecule has 0 bridgehead atoms. The average Bonchev–Trinajstić information content (AvgIpc) is 2.90. The summed E-state index contributed by atoms with van der Waals surface area (Å²) in [6.45, 7) is 13.8. The first-order chi connectivity index (χ1) is 14.9. The molecular weight excluding hydrogens is 444 g/mol. The largest absolute Gasteiger partial charge is 0.462 e. The van der Waals surface area contributed by atoms with Gasteiger partial charge in [-0.15, -0.1) is 11.3 Å². The molecule has 0 spiro atoms. The maximum Gasteiger partial charge on any atom is 0.293 e. The number of anilines is 1. The molecule has 1 atom stereocenters. The summed E-state index contributed by atoms with van der Waals surface area (Å²) in [5, 5.41) is 18.5. The van der Waals surface area contributed by atoms with Crippen molar-refractivity contribution in [2.75, 3.05) is 4.90 Å². The van der Waals surface area contributed by atoms with Gasteiger partial charge in [-0.3, -0.25) is 25.5 Å². The minimum absolute atomic E-state index is 0.273. The van der Waals surface area contributed by atoms with Crippen LogP contribution < -0.4 is 4.90 Å². The second kappa shape index (κ2) is 10.4. The van der Waals surface area contributed by atoms with Crippen LogP contribution in [0.4, 0.5) is 5.00 Å². The van der Waals surface area contributed by atoms with Gasteiger partial charge in [0.15, 0.2) is 0 Å². The molecular formula is C24H31ClN4O2S. The highest BCUT2D eigenvalue weighted by Crippen LogP contribution is 2.40. The van der Waals surface area contributed by atoms with Gasteiger partial charge in [0.25, 0.3) is 6.47 Å². The number of hydrogen-bond donors (Lipinski definition) is 2. The summed E-state index contributed by atoms with van der Waals surface area (Å²) >= 11 is 7.68. The normalized spacial score (nSPS) is 15.8. The second-order valence-electron chi connectivity index (χ2n) is 8.50. The van der Waals surface area contributed by atoms with Crippen LogP contribution in [-0.2, 0) is 9.53 Å². The van der Waals surface area contributed by atoms with Crippen LogP contribution in [0.15, 0.2) is 29.3 Å². The maximum absolute atomic E-state index is 9.60. The van der Waals surface area contributed by atoms with Crippen LogP contribution in [0.1, 0.15) is 62.6 Å². The van der Waals surface area contributed by atoms with E-state index in [1.54, 1.807) is 23.2 Å². The van der Waals surface area contributed by atoms with Gasteiger partial charge in [0.2, 0.25) is 0 Å². The predicted molar refractivity (Wildman–Crippen MR) is 135 cm³/mol. The number of carbonyl (C=O) groups is 1. The lowest BCUT2D eigenvalue weighted by Crippen LogP contribution is -2.39. The minimum Gasteiger partial charge on any atom is -0.462 e. The SMILES string of the molecule is CC(C)(C)OC=O.CCC1N=C(c2ccc(Cl)cc2)c2c(sc(C)c2C)N(C(C)=N)C1=N. The highest BCUT2D eigenvalue weighted by atomic mass is 35.5. The van der Waals surface area contributed by atoms with E-state index < -0.39 is 0 Å². The molecule has 1 aromatic carbocycles. The number of benzene rings is 1. The Morgan fingerprint density at radius 1 is 1.28 bits per heavy atom. The highest BCUT2D eigenvalue weighted by Gasteiger charge is 2.33. The van der Waals surface area contributed by atoms with Crippen molar-refractivity contribution >= 4 is 51.8 Å². The van der Waals surface area contributed by atoms with E-state index in [1.807, 2.05) is 52.0 Å². The Balaban J connectivity index is 0.000000451. The van der Waals surface area contributed by atoms with E-state index in [0.29, 0.717) is 29.6 Å². The van der Waals surface area contributed by atoms with Crippen molar-refractivity contribution in [2.45, 2.75) is 66.5 Å². The summed E-state index contributed by atoms with van der Waals surface area (Å²) in [7, 11) is 0. The topological polar surface area (TPSA) is 89.6 Å². The lowest BCUT2D eigenvalue weighted by atomic mass is 10.00. The molecule has 1 aromatic heterocycles. The van der Waals surface area contributed by atoms with Crippen molar-refractivity contribution in [3.63, 3.8) is 0 Å². The fourth-order valence-electron chi connectivity index (χ4n) is 3.17. The number of nitrogens with zero attached hydrogens (tertiary/aromatic N) is 2. The quantitative estimate of drug-likeness (QED) is 0.307. The van der Waals surface area contributed by atoms with Crippen molar-refractivity contribution < 1.29 is 9.53 Å². The number of halogens is 1. The summed E-state index contributed by atoms with van der Waals surface area (Å²) in [6, 6.07) is 7.40. The summed E-state index contributed by atoms with van der Waals surface area (Å²) in [6.07, 6.45) is 0.715. The molecule has 2 aromatic rings. The number of rotatable bonds is 3. The summed E-state index contributed by atoms with van der Waals surface area (Å²) < 4.78 is 4.55. The zero-order chi connectivity index (χ0) is 24.2. The van der Waals surface area contributed by atoms with Crippen molar-refractivity contribution in [3.8, 4) is 0 Å². The lowest BCUT2D eigenvalue weighted by Gasteiger charge is -2.24. The molecule has 0 saturated carbocycles. The number of hydrogen-bond acceptors (Lipinski definition) is 6. The lowest BCUT2D eigenvalue weighted by molar-refractivity contribution is -0.138. The molecule has 0 radical (unpaired) electrons. The molecule has 0 aliphatic carbocycles. The van der Waals surface area contributed by atoms with E-state index in [0.717, 1.165) is 27.4 Å². The van der Waals surface area contributed by atoms with Gasteiger partial charge >= 0.3 is 0 Å². The summed E-state index contributed by atoms with van der Waals surface area (Å²) in [5.41, 5.74) is 3.74. The van der Waals surface area contributed by atoms with E-state index >= 15 is 0 Å². The van der Waals surface area contributed by atoms with Crippen LogP contribution in [0, 0.1) is 24.7 Å². The molecule has 1 unspecified atom stereocenters. The van der Waals surface area contributed by atoms with Crippen molar-refractivity contribution in [3.05, 3.63) is 50.9 Å². The number of aryl methyl sites for hydroxylation is 1. The standard InChI is InChI=1S/C19H21ClN4S.C5H10O2/c1-5-15-18(22)24(12(4)21)19-16(10(2)11(3)25-19)17(23-15)13-6-8-14(20)9-7-13;1-5(2,3)7-4-6/h6-9,15,21-22H,5H2,1-4H3;4H,1-3H3. The Morgan fingerprint density at radius 3 is 2.31 bits per heavy atom. The van der Waals surface area contributed by atoms with Gasteiger partial charge in [-0.1, -0.05) is 30.7 Å². The molecule has 0 fully saturated rings. The molecule has 172 valence electrons. The number of amidine groups is 2. The molecule has 2 heterocycles. The smallest absolute Gasteiger partial charge is 0.293 e. The highest BCUT2D eigenvalue weighted by molar-refractivity contribution is 7.17. The molecule has 8 heteroatoms. The Kier molecular flexibility index (Phi) is 8.37. The first-order valence-electron chi connectivity index (χ1n) is 10.4. The van der Waals surface area contributed by atoms with Gasteiger partial charge in [0.05, 0.1) is 5.71 Å². The molecule has 1 aliphatic heterocycles. The fraction of sp³-hybridized carbons (Fsp3) is 0.417. The monoisotopic (exact) mass is 474 g/mol. The summed E-state index contributed by atoms with van der Waals surface area (Å²) in [5.74, 6) is 0.708. The van der Waals surface area contributed by atoms with Gasteiger partial charge in [-0.2, -0.15) is 0 Å². The Morgan fingerprint density at radius 2 is 1.88 bits per heavy atom. The average molecular weight is 475 g/mol. The van der Waals surface area contributed by atoms with Crippen LogP contribution in [-0.4, -0.2) is 35.5 Å². The van der Waals surface area contributed by atoms with Gasteiger partial charge in [-0.25, -0.2) is 0 Å². The van der Waals surface area contributed by atoms with Gasteiger partial charge in [0, 0.05) is 21.0 Å². The van der Waals surface area contributed by atoms with Crippen molar-refractivity contribution in [1.29, 1.82) is 10.8 Å². The number of ether oxygens (including phenoxy) is 1. The van der Waals surface area contributed by atoms with Gasteiger partial charge in [0.1, 0.15) is 28.3 Å². The predicted octanol–water partition coefficient (Wildman–Crippen LogP) is 6.39. The second-order valence-corrected chi connectivity index (χ2v) is 10.1. The van der Waals surface area contributed by atoms with Crippen LogP contribution >= 0.6 is 22.9 Å². The van der Waals surface area contributed by atoms with Crippen molar-refractivity contribution in [2.24, 2.45) is 4.99 Å². The van der Waals surface area contributed by atoms with E-state index in [1.165, 1.54) is 4.88 Å². The first-order valence-corrected chi connectivity index (χ1v) is 11.6. The van der Waals surface area contributed by atoms with E-state index in [9.17, 15) is 4.79 Å². The van der Waals surface area contributed by atoms with Crippen molar-refractivity contribution in [1.82, 2.24) is 0 Å². The van der Waals surface area contributed by atoms with E-state index in [4.69, 9.17) is 27.4 Å². The third-order valence-electron chi connectivity index (χ3n) is 4.89. The molecule has 0 saturated heterocycles. The fourth-order valence-corrected chi connectivity index (χ4v) is 4.52. The summed E-state index contributed by atoms with van der Waals surface area (Å²) in [4.78, 5) is 17.5. The minimum atomic E-state index is -0.318. The molecule has 1 aliphatic rings. The third kappa shape index (κ3) is 5.84. The van der Waals surface area contributed by atoms with Gasteiger partial charge in [-0.05, 0) is 65.7 Å². The number of fused-ring (bicyclic) bond motifs is 1. The van der Waals surface area contributed by atoms with E-state index in [-0.39, 0.29) is 11.6 Å². The Hall–Kier alpha value is -2.51. The molecule has 6 nitrogen and oxygen atoms in total. The zero-order valence-electron chi connectivity index (χ0n) is 19.7. The Bertz CT molecular complexity index is 1040.